The van der Waals surface area contributed by atoms with Crippen LogP contribution in [0, 0.1) is 12.3 Å². The van der Waals surface area contributed by atoms with Crippen LogP contribution in [-0.2, 0) is 24.4 Å². The van der Waals surface area contributed by atoms with Crippen molar-refractivity contribution in [2.75, 3.05) is 7.11 Å². The number of carboxylic acids is 1. The predicted molar refractivity (Wildman–Crippen MR) is 188 cm³/mol. The van der Waals surface area contributed by atoms with E-state index in [2.05, 4.69) is 64.8 Å². The van der Waals surface area contributed by atoms with Gasteiger partial charge in [0.2, 0.25) is 5.88 Å². The topological polar surface area (TPSA) is 99.4 Å². The van der Waals surface area contributed by atoms with Crippen molar-refractivity contribution in [2.24, 2.45) is 5.41 Å². The fourth-order valence-electron chi connectivity index (χ4n) is 5.71. The van der Waals surface area contributed by atoms with Crippen LogP contribution in [0.2, 0.25) is 0 Å². The van der Waals surface area contributed by atoms with Crippen LogP contribution in [0.4, 0.5) is 0 Å². The number of pyridine rings is 1. The number of nitrogens with zero attached hydrogens (tertiary/aromatic N) is 4. The maximum Gasteiger partial charge on any atom is 0.310 e. The quantitative estimate of drug-likeness (QED) is 0.126. The second kappa shape index (κ2) is 14.2. The molecule has 0 saturated carbocycles. The van der Waals surface area contributed by atoms with Gasteiger partial charge in [0.25, 0.3) is 0 Å². The van der Waals surface area contributed by atoms with Crippen LogP contribution in [0.3, 0.4) is 0 Å². The zero-order chi connectivity index (χ0) is 33.8. The lowest BCUT2D eigenvalue weighted by atomic mass is 9.78. The lowest BCUT2D eigenvalue weighted by Crippen LogP contribution is -2.33. The Morgan fingerprint density at radius 3 is 2.28 bits per heavy atom. The van der Waals surface area contributed by atoms with E-state index >= 15 is 0 Å². The largest absolute Gasteiger partial charge is 0.487 e. The van der Waals surface area contributed by atoms with Gasteiger partial charge in [-0.25, -0.2) is 0 Å². The second-order valence-electron chi connectivity index (χ2n) is 13.0. The van der Waals surface area contributed by atoms with Gasteiger partial charge in [-0.2, -0.15) is 0 Å². The van der Waals surface area contributed by atoms with E-state index in [1.54, 1.807) is 24.9 Å². The fraction of sp³-hybridized carbons (Fsp3) is 0.368. The van der Waals surface area contributed by atoms with E-state index < -0.39 is 11.4 Å². The smallest absolute Gasteiger partial charge is 0.310 e. The van der Waals surface area contributed by atoms with Gasteiger partial charge < -0.3 is 19.1 Å². The number of fused-ring (bicyclic) bond motifs is 1. The third-order valence-electron chi connectivity index (χ3n) is 8.61. The molecule has 0 unspecified atom stereocenters. The Labute approximate surface area is 281 Å². The van der Waals surface area contributed by atoms with E-state index in [0.717, 1.165) is 55.3 Å². The molecule has 0 aliphatic heterocycles. The summed E-state index contributed by atoms with van der Waals surface area (Å²) >= 11 is 1.78. The summed E-state index contributed by atoms with van der Waals surface area (Å²) in [5, 5.41) is 20.0. The number of carbonyl (C=O) groups is 1. The molecule has 9 heteroatoms. The highest BCUT2D eigenvalue weighted by Gasteiger charge is 2.38. The Bertz CT molecular complexity index is 1820. The molecular weight excluding hydrogens is 609 g/mol. The number of rotatable bonds is 13. The number of thioether (sulfide) groups is 1. The van der Waals surface area contributed by atoms with Gasteiger partial charge in [0.1, 0.15) is 12.4 Å². The van der Waals surface area contributed by atoms with Gasteiger partial charge in [-0.1, -0.05) is 65.0 Å². The van der Waals surface area contributed by atoms with E-state index in [1.807, 2.05) is 63.4 Å². The van der Waals surface area contributed by atoms with Gasteiger partial charge >= 0.3 is 5.97 Å². The van der Waals surface area contributed by atoms with Crippen molar-refractivity contribution in [3.05, 3.63) is 95.4 Å². The van der Waals surface area contributed by atoms with E-state index in [1.165, 1.54) is 0 Å². The van der Waals surface area contributed by atoms with E-state index in [4.69, 9.17) is 9.47 Å². The average Bonchev–Trinajstić information content (AvgIpc) is 3.32. The number of aromatic nitrogens is 4. The van der Waals surface area contributed by atoms with Gasteiger partial charge in [-0.3, -0.25) is 9.78 Å². The summed E-state index contributed by atoms with van der Waals surface area (Å²) in [4.78, 5) is 18.4. The first-order chi connectivity index (χ1) is 22.4. The Morgan fingerprint density at radius 2 is 1.70 bits per heavy atom. The van der Waals surface area contributed by atoms with Gasteiger partial charge in [0.15, 0.2) is 0 Å². The molecule has 0 atom stereocenters. The first-order valence-electron chi connectivity index (χ1n) is 16.0. The zero-order valence-corrected chi connectivity index (χ0v) is 29.1. The van der Waals surface area contributed by atoms with Crippen LogP contribution >= 0.6 is 11.8 Å². The highest BCUT2D eigenvalue weighted by atomic mass is 32.2. The normalized spacial score (nSPS) is 12.0. The van der Waals surface area contributed by atoms with Crippen molar-refractivity contribution in [1.29, 1.82) is 0 Å². The van der Waals surface area contributed by atoms with Crippen molar-refractivity contribution in [2.45, 2.75) is 83.6 Å². The Hall–Kier alpha value is -4.37. The minimum absolute atomic E-state index is 0.109. The molecule has 0 spiro atoms. The van der Waals surface area contributed by atoms with Gasteiger partial charge in [-0.05, 0) is 61.2 Å². The number of carboxylic acid groups (broad SMARTS) is 1. The Balaban J connectivity index is 1.60. The number of ether oxygens (including phenoxy) is 2. The number of hydrogen-bond donors (Lipinski definition) is 1. The molecule has 0 saturated heterocycles. The third-order valence-corrected chi connectivity index (χ3v) is 9.88. The van der Waals surface area contributed by atoms with Gasteiger partial charge in [0, 0.05) is 57.0 Å². The van der Waals surface area contributed by atoms with E-state index in [-0.39, 0.29) is 4.75 Å². The summed E-state index contributed by atoms with van der Waals surface area (Å²) in [6.07, 6.45) is 3.34. The van der Waals surface area contributed by atoms with Crippen LogP contribution in [0.15, 0.2) is 77.8 Å². The standard InChI is InChI=1S/C38H44N4O4S/c1-8-38(9-2,36(43)44)21-33-35(47-37(4,5)6)30-20-29(46-24-28-15-10-25(3)22-39-28)16-18-32(30)42(33)23-26-11-13-27(14-12-26)31-17-19-34(45-7)41-40-31/h10-20,22H,8-9,21,23-24H2,1-7H3,(H,43,44). The molecule has 3 aromatic heterocycles. The molecular formula is C38H44N4O4S. The Kier molecular flexibility index (Phi) is 10.2. The predicted octanol–water partition coefficient (Wildman–Crippen LogP) is 8.76. The summed E-state index contributed by atoms with van der Waals surface area (Å²) in [5.74, 6) is 0.462. The zero-order valence-electron chi connectivity index (χ0n) is 28.3. The molecule has 0 fully saturated rings. The molecule has 0 amide bonds. The number of benzene rings is 2. The van der Waals surface area contributed by atoms with Gasteiger partial charge in [0.05, 0.1) is 23.9 Å². The van der Waals surface area contributed by atoms with Crippen molar-refractivity contribution in [3.8, 4) is 22.9 Å². The number of aliphatic carboxylic acids is 1. The maximum absolute atomic E-state index is 12.8. The fourth-order valence-corrected chi connectivity index (χ4v) is 6.89. The minimum Gasteiger partial charge on any atom is -0.487 e. The molecule has 1 N–H and O–H groups in total. The van der Waals surface area contributed by atoms with Crippen LogP contribution in [-0.4, -0.2) is 42.7 Å². The van der Waals surface area contributed by atoms with Crippen LogP contribution in [0.25, 0.3) is 22.2 Å². The molecule has 5 rings (SSSR count). The van der Waals surface area contributed by atoms with Crippen molar-refractivity contribution >= 4 is 28.6 Å². The number of methoxy groups -OCH3 is 1. The lowest BCUT2D eigenvalue weighted by molar-refractivity contribution is -0.149. The first-order valence-corrected chi connectivity index (χ1v) is 16.9. The summed E-state index contributed by atoms with van der Waals surface area (Å²) in [5.41, 5.74) is 5.98. The van der Waals surface area contributed by atoms with E-state index in [9.17, 15) is 9.90 Å². The second-order valence-corrected chi connectivity index (χ2v) is 14.8. The summed E-state index contributed by atoms with van der Waals surface area (Å²) in [7, 11) is 1.57. The summed E-state index contributed by atoms with van der Waals surface area (Å²) in [6.45, 7) is 13.5. The molecule has 5 aromatic rings. The Morgan fingerprint density at radius 1 is 0.957 bits per heavy atom. The van der Waals surface area contributed by atoms with Crippen LogP contribution < -0.4 is 9.47 Å². The molecule has 47 heavy (non-hydrogen) atoms. The van der Waals surface area contributed by atoms with Crippen LogP contribution in [0.1, 0.15) is 70.0 Å². The maximum atomic E-state index is 12.8. The van der Waals surface area contributed by atoms with Crippen molar-refractivity contribution in [1.82, 2.24) is 19.7 Å². The summed E-state index contributed by atoms with van der Waals surface area (Å²) < 4.78 is 13.6. The van der Waals surface area contributed by atoms with Gasteiger partial charge in [-0.15, -0.1) is 22.0 Å². The molecule has 8 nitrogen and oxygen atoms in total. The number of hydrogen-bond acceptors (Lipinski definition) is 7. The average molecular weight is 653 g/mol. The lowest BCUT2D eigenvalue weighted by Gasteiger charge is -2.29. The van der Waals surface area contributed by atoms with Crippen molar-refractivity contribution in [3.63, 3.8) is 0 Å². The van der Waals surface area contributed by atoms with E-state index in [0.29, 0.717) is 38.3 Å². The first kappa shape index (κ1) is 34.0. The number of aryl methyl sites for hydroxylation is 1. The highest BCUT2D eigenvalue weighted by molar-refractivity contribution is 8.00. The molecule has 0 aliphatic rings. The van der Waals surface area contributed by atoms with Crippen LogP contribution in [0.5, 0.6) is 11.6 Å². The monoisotopic (exact) mass is 652 g/mol. The molecule has 0 bridgehead atoms. The molecule has 2 aromatic carbocycles. The molecule has 246 valence electrons. The minimum atomic E-state index is -0.882. The third kappa shape index (κ3) is 7.79. The SMILES string of the molecule is CCC(CC)(Cc1c(SC(C)(C)C)c2cc(OCc3ccc(C)cn3)ccc2n1Cc1ccc(-c2ccc(OC)nn2)cc1)C(=O)O. The van der Waals surface area contributed by atoms with Crippen molar-refractivity contribution < 1.29 is 19.4 Å². The molecule has 0 radical (unpaired) electrons. The summed E-state index contributed by atoms with van der Waals surface area (Å²) in [6, 6.07) is 22.2. The molecule has 3 heterocycles. The molecule has 0 aliphatic carbocycles. The highest BCUT2D eigenvalue weighted by Crippen LogP contribution is 2.45.